The van der Waals surface area contributed by atoms with E-state index >= 15 is 0 Å². The quantitative estimate of drug-likeness (QED) is 0.503. The average molecular weight is 275 g/mol. The van der Waals surface area contributed by atoms with Gasteiger partial charge in [-0.05, 0) is 12.8 Å². The van der Waals surface area contributed by atoms with Gasteiger partial charge in [-0.1, -0.05) is 20.8 Å². The van der Waals surface area contributed by atoms with Crippen molar-refractivity contribution in [1.29, 1.82) is 0 Å². The number of hydrogen-bond acceptors (Lipinski definition) is 5. The predicted octanol–water partition coefficient (Wildman–Crippen LogP) is 3.85. The van der Waals surface area contributed by atoms with Crippen LogP contribution in [0.3, 0.4) is 0 Å². The first-order chi connectivity index (χ1) is 7.82. The summed E-state index contributed by atoms with van der Waals surface area (Å²) < 4.78 is 0.687. The van der Waals surface area contributed by atoms with Crippen LogP contribution in [0.4, 0.5) is 5.69 Å². The molecule has 96 valence electrons. The number of aliphatic hydroxyl groups is 1. The molecule has 0 aliphatic rings. The fraction of sp³-hybridized carbons (Fsp3) is 0.636. The highest BCUT2D eigenvalue weighted by atomic mass is 32.2. The summed E-state index contributed by atoms with van der Waals surface area (Å²) in [7, 11) is 0. The molecule has 0 aliphatic heterocycles. The molecule has 0 aromatic carbocycles. The van der Waals surface area contributed by atoms with Gasteiger partial charge in [0.1, 0.15) is 4.21 Å². The minimum absolute atomic E-state index is 0.114. The molecule has 0 saturated carbocycles. The van der Waals surface area contributed by atoms with Gasteiger partial charge in [0.15, 0.2) is 0 Å². The minimum Gasteiger partial charge on any atom is -0.388 e. The Morgan fingerprint density at radius 3 is 2.41 bits per heavy atom. The molecule has 4 nitrogen and oxygen atoms in total. The van der Waals surface area contributed by atoms with Crippen molar-refractivity contribution in [2.45, 2.75) is 43.3 Å². The molecule has 1 aromatic heterocycles. The fourth-order valence-electron chi connectivity index (χ4n) is 1.10. The number of thioether (sulfide) groups is 1. The van der Waals surface area contributed by atoms with E-state index in [1.54, 1.807) is 6.92 Å². The third-order valence-corrected chi connectivity index (χ3v) is 5.51. The summed E-state index contributed by atoms with van der Waals surface area (Å²) in [5.74, 6) is 0.455. The second-order valence-electron chi connectivity index (χ2n) is 4.32. The topological polar surface area (TPSA) is 63.4 Å². The van der Waals surface area contributed by atoms with Gasteiger partial charge < -0.3 is 5.11 Å². The van der Waals surface area contributed by atoms with Crippen LogP contribution in [-0.4, -0.2) is 15.3 Å². The van der Waals surface area contributed by atoms with Crippen LogP contribution < -0.4 is 0 Å². The van der Waals surface area contributed by atoms with Crippen LogP contribution >= 0.6 is 23.1 Å². The number of nitrogens with zero attached hydrogens (tertiary/aromatic N) is 1. The zero-order valence-corrected chi connectivity index (χ0v) is 12.0. The third-order valence-electron chi connectivity index (χ3n) is 2.54. The van der Waals surface area contributed by atoms with E-state index in [-0.39, 0.29) is 10.6 Å². The van der Waals surface area contributed by atoms with Gasteiger partial charge in [0.05, 0.1) is 11.0 Å². The van der Waals surface area contributed by atoms with Crippen LogP contribution in [0.5, 0.6) is 0 Å². The van der Waals surface area contributed by atoms with Crippen molar-refractivity contribution in [2.75, 3.05) is 0 Å². The third kappa shape index (κ3) is 3.69. The monoisotopic (exact) mass is 275 g/mol. The van der Waals surface area contributed by atoms with E-state index in [0.29, 0.717) is 20.3 Å². The second kappa shape index (κ2) is 5.84. The van der Waals surface area contributed by atoms with Gasteiger partial charge >= 0.3 is 0 Å². The maximum absolute atomic E-state index is 10.9. The van der Waals surface area contributed by atoms with Gasteiger partial charge in [-0.15, -0.1) is 23.1 Å². The second-order valence-corrected chi connectivity index (χ2v) is 7.05. The van der Waals surface area contributed by atoms with Crippen molar-refractivity contribution in [3.63, 3.8) is 0 Å². The van der Waals surface area contributed by atoms with Gasteiger partial charge in [-0.2, -0.15) is 0 Å². The largest absolute Gasteiger partial charge is 0.388 e. The molecule has 6 heteroatoms. The Hall–Kier alpha value is -0.590. The summed E-state index contributed by atoms with van der Waals surface area (Å²) in [5, 5.41) is 20.7. The molecule has 0 bridgehead atoms. The maximum Gasteiger partial charge on any atom is 0.294 e. The highest BCUT2D eigenvalue weighted by Crippen LogP contribution is 2.42. The fourth-order valence-corrected chi connectivity index (χ4v) is 3.70. The predicted molar refractivity (Wildman–Crippen MR) is 71.8 cm³/mol. The first-order valence-corrected chi connectivity index (χ1v) is 7.15. The SMILES string of the molecule is CC(O)c1cc([N+](=O)[O-])c(SC(C)C(C)C)s1. The molecule has 0 fully saturated rings. The highest BCUT2D eigenvalue weighted by Gasteiger charge is 2.23. The number of hydrogen-bond donors (Lipinski definition) is 1. The molecule has 1 aromatic rings. The van der Waals surface area contributed by atoms with Gasteiger partial charge in [-0.25, -0.2) is 0 Å². The Kier molecular flexibility index (Phi) is 4.97. The van der Waals surface area contributed by atoms with Crippen molar-refractivity contribution in [3.8, 4) is 0 Å². The Balaban J connectivity index is 3.00. The highest BCUT2D eigenvalue weighted by molar-refractivity contribution is 8.01. The van der Waals surface area contributed by atoms with E-state index in [9.17, 15) is 15.2 Å². The molecule has 1 heterocycles. The summed E-state index contributed by atoms with van der Waals surface area (Å²) >= 11 is 2.82. The first-order valence-electron chi connectivity index (χ1n) is 5.45. The number of nitro groups is 1. The Morgan fingerprint density at radius 2 is 2.00 bits per heavy atom. The van der Waals surface area contributed by atoms with Gasteiger partial charge in [0.2, 0.25) is 0 Å². The molecule has 1 N–H and O–H groups in total. The molecule has 2 atom stereocenters. The van der Waals surface area contributed by atoms with Crippen molar-refractivity contribution in [2.24, 2.45) is 5.92 Å². The van der Waals surface area contributed by atoms with E-state index in [1.807, 2.05) is 0 Å². The van der Waals surface area contributed by atoms with Crippen molar-refractivity contribution < 1.29 is 10.0 Å². The van der Waals surface area contributed by atoms with E-state index < -0.39 is 6.10 Å². The smallest absolute Gasteiger partial charge is 0.294 e. The lowest BCUT2D eigenvalue weighted by Gasteiger charge is -2.12. The molecule has 0 radical (unpaired) electrons. The van der Waals surface area contributed by atoms with Crippen LogP contribution in [-0.2, 0) is 0 Å². The van der Waals surface area contributed by atoms with E-state index in [4.69, 9.17) is 0 Å². The molecular formula is C11H17NO3S2. The number of aliphatic hydroxyl groups excluding tert-OH is 1. The van der Waals surface area contributed by atoms with E-state index in [1.165, 1.54) is 29.2 Å². The zero-order valence-electron chi connectivity index (χ0n) is 10.3. The van der Waals surface area contributed by atoms with E-state index in [0.717, 1.165) is 0 Å². The molecular weight excluding hydrogens is 258 g/mol. The average Bonchev–Trinajstić information content (AvgIpc) is 2.61. The van der Waals surface area contributed by atoms with Crippen molar-refractivity contribution in [3.05, 3.63) is 21.1 Å². The summed E-state index contributed by atoms with van der Waals surface area (Å²) in [6.07, 6.45) is -0.651. The summed E-state index contributed by atoms with van der Waals surface area (Å²) in [5.41, 5.74) is 0.114. The van der Waals surface area contributed by atoms with Crippen LogP contribution in [0.2, 0.25) is 0 Å². The lowest BCUT2D eigenvalue weighted by atomic mass is 10.2. The summed E-state index contributed by atoms with van der Waals surface area (Å²) in [4.78, 5) is 11.2. The lowest BCUT2D eigenvalue weighted by Crippen LogP contribution is -2.05. The Morgan fingerprint density at radius 1 is 1.41 bits per heavy atom. The Labute approximate surface area is 109 Å². The molecule has 1 rings (SSSR count). The Bertz CT molecular complexity index is 401. The van der Waals surface area contributed by atoms with Crippen LogP contribution in [0.25, 0.3) is 0 Å². The summed E-state index contributed by atoms with van der Waals surface area (Å²) in [6.45, 7) is 7.86. The van der Waals surface area contributed by atoms with Crippen LogP contribution in [0.1, 0.15) is 38.7 Å². The van der Waals surface area contributed by atoms with Crippen molar-refractivity contribution >= 4 is 28.8 Å². The zero-order chi connectivity index (χ0) is 13.2. The molecule has 0 aliphatic carbocycles. The molecule has 2 unspecified atom stereocenters. The van der Waals surface area contributed by atoms with Gasteiger partial charge in [-0.3, -0.25) is 10.1 Å². The molecule has 0 amide bonds. The molecule has 0 saturated heterocycles. The normalized spacial score (nSPS) is 14.9. The lowest BCUT2D eigenvalue weighted by molar-refractivity contribution is -0.387. The van der Waals surface area contributed by atoms with Crippen LogP contribution in [0, 0.1) is 16.0 Å². The summed E-state index contributed by atoms with van der Waals surface area (Å²) in [6, 6.07) is 1.48. The standard InChI is InChI=1S/C11H17NO3S2/c1-6(2)8(4)16-11-9(12(14)15)5-10(17-11)7(3)13/h5-8,13H,1-4H3. The maximum atomic E-state index is 10.9. The van der Waals surface area contributed by atoms with Gasteiger partial charge in [0.25, 0.3) is 5.69 Å². The van der Waals surface area contributed by atoms with Crippen molar-refractivity contribution in [1.82, 2.24) is 0 Å². The van der Waals surface area contributed by atoms with Gasteiger partial charge in [0, 0.05) is 16.2 Å². The molecule has 17 heavy (non-hydrogen) atoms. The number of rotatable bonds is 5. The molecule has 0 spiro atoms. The first kappa shape index (κ1) is 14.5. The van der Waals surface area contributed by atoms with E-state index in [2.05, 4.69) is 20.8 Å². The number of thiophene rings is 1. The van der Waals surface area contributed by atoms with Crippen LogP contribution in [0.15, 0.2) is 10.3 Å². The minimum atomic E-state index is -0.651.